The van der Waals surface area contributed by atoms with E-state index in [1.54, 1.807) is 54.6 Å². The van der Waals surface area contributed by atoms with Gasteiger partial charge in [-0.3, -0.25) is 14.7 Å². The van der Waals surface area contributed by atoms with E-state index in [0.29, 0.717) is 5.56 Å². The predicted molar refractivity (Wildman–Crippen MR) is 85.9 cm³/mol. The summed E-state index contributed by atoms with van der Waals surface area (Å²) >= 11 is 0. The summed E-state index contributed by atoms with van der Waals surface area (Å²) in [6.45, 7) is 0. The lowest BCUT2D eigenvalue weighted by molar-refractivity contribution is -0.139. The van der Waals surface area contributed by atoms with E-state index in [4.69, 9.17) is 0 Å². The highest BCUT2D eigenvalue weighted by molar-refractivity contribution is 7.52. The largest absolute Gasteiger partial charge is 0.480 e. The van der Waals surface area contributed by atoms with Crippen molar-refractivity contribution in [2.75, 3.05) is 0 Å². The van der Waals surface area contributed by atoms with Gasteiger partial charge in [-0.05, 0) is 17.5 Å². The summed E-state index contributed by atoms with van der Waals surface area (Å²) in [6, 6.07) is 15.9. The maximum absolute atomic E-state index is 11.8. The fourth-order valence-corrected chi connectivity index (χ4v) is 3.22. The molecule has 0 spiro atoms. The van der Waals surface area contributed by atoms with Gasteiger partial charge in [0, 0.05) is 0 Å². The molecule has 4 N–H and O–H groups in total. The van der Waals surface area contributed by atoms with Crippen LogP contribution in [0.2, 0.25) is 0 Å². The highest BCUT2D eigenvalue weighted by Crippen LogP contribution is 2.50. The Labute approximate surface area is 134 Å². The first-order chi connectivity index (χ1) is 10.9. The third-order valence-electron chi connectivity index (χ3n) is 3.39. The van der Waals surface area contributed by atoms with Crippen molar-refractivity contribution in [1.29, 1.82) is 0 Å². The molecule has 0 aliphatic heterocycles. The molecule has 0 aliphatic rings. The molecule has 0 bridgehead atoms. The lowest BCUT2D eigenvalue weighted by Gasteiger charge is -2.24. The van der Waals surface area contributed by atoms with E-state index in [2.05, 4.69) is 5.32 Å². The number of aliphatic carboxylic acids is 1. The minimum atomic E-state index is -4.57. The lowest BCUT2D eigenvalue weighted by atomic mass is 10.1. The summed E-state index contributed by atoms with van der Waals surface area (Å²) in [6.07, 6.45) is 0.125. The molecule has 122 valence electrons. The van der Waals surface area contributed by atoms with Crippen molar-refractivity contribution in [3.05, 3.63) is 71.8 Å². The summed E-state index contributed by atoms with van der Waals surface area (Å²) in [5, 5.41) is 12.0. The fraction of sp³-hybridized carbons (Fsp3) is 0.188. The molecule has 0 aromatic heterocycles. The number of carboxylic acid groups (broad SMARTS) is 1. The van der Waals surface area contributed by atoms with Crippen LogP contribution in [-0.4, -0.2) is 26.9 Å². The van der Waals surface area contributed by atoms with Gasteiger partial charge in [0.1, 0.15) is 11.8 Å². The number of carboxylic acids is 1. The second kappa shape index (κ2) is 7.53. The predicted octanol–water partition coefficient (Wildman–Crippen LogP) is 2.15. The molecule has 2 aromatic rings. The van der Waals surface area contributed by atoms with Gasteiger partial charge in [0.05, 0.1) is 0 Å². The van der Waals surface area contributed by atoms with Gasteiger partial charge in [0.2, 0.25) is 0 Å². The highest BCUT2D eigenvalue weighted by Gasteiger charge is 2.34. The van der Waals surface area contributed by atoms with E-state index < -0.39 is 25.4 Å². The van der Waals surface area contributed by atoms with Crippen LogP contribution in [0.1, 0.15) is 16.9 Å². The van der Waals surface area contributed by atoms with Gasteiger partial charge in [-0.2, -0.15) is 0 Å². The minimum Gasteiger partial charge on any atom is -0.480 e. The molecule has 6 nitrogen and oxygen atoms in total. The Kier molecular flexibility index (Phi) is 5.69. The first-order valence-electron chi connectivity index (χ1n) is 7.01. The maximum atomic E-state index is 11.8. The molecular formula is C16H18NO5P. The number of hydrogen-bond donors (Lipinski definition) is 4. The Hall–Kier alpha value is -1.98. The summed E-state index contributed by atoms with van der Waals surface area (Å²) < 4.78 is 11.8. The molecule has 23 heavy (non-hydrogen) atoms. The average Bonchev–Trinajstić information content (AvgIpc) is 2.51. The van der Waals surface area contributed by atoms with Crippen LogP contribution in [0.5, 0.6) is 0 Å². The van der Waals surface area contributed by atoms with Gasteiger partial charge >= 0.3 is 13.6 Å². The standard InChI is InChI=1S/C16H18NO5P/c18-16(19)14(11-12-7-3-1-4-8-12)17-15(23(20,21)22)13-9-5-2-6-10-13/h1-10,14-15,17H,11H2,(H,18,19)(H2,20,21,22)/t14-,15-/m1/s1. The van der Waals surface area contributed by atoms with Crippen molar-refractivity contribution < 1.29 is 24.3 Å². The van der Waals surface area contributed by atoms with Crippen LogP contribution >= 0.6 is 7.60 Å². The molecule has 0 aliphatic carbocycles. The molecule has 7 heteroatoms. The summed E-state index contributed by atoms with van der Waals surface area (Å²) in [5.74, 6) is -2.53. The first kappa shape index (κ1) is 17.4. The number of carbonyl (C=O) groups is 1. The zero-order chi connectivity index (χ0) is 16.9. The summed E-state index contributed by atoms with van der Waals surface area (Å²) in [5.41, 5.74) is 1.12. The number of benzene rings is 2. The van der Waals surface area contributed by atoms with Crippen LogP contribution in [0.15, 0.2) is 60.7 Å². The van der Waals surface area contributed by atoms with Gasteiger partial charge in [-0.1, -0.05) is 60.7 Å². The highest BCUT2D eigenvalue weighted by atomic mass is 31.2. The smallest absolute Gasteiger partial charge is 0.346 e. The molecular weight excluding hydrogens is 317 g/mol. The van der Waals surface area contributed by atoms with Gasteiger partial charge < -0.3 is 14.9 Å². The molecule has 0 radical (unpaired) electrons. The van der Waals surface area contributed by atoms with E-state index in [-0.39, 0.29) is 6.42 Å². The molecule has 0 saturated heterocycles. The van der Waals surface area contributed by atoms with E-state index in [1.807, 2.05) is 6.07 Å². The maximum Gasteiger partial charge on any atom is 0.346 e. The first-order valence-corrected chi connectivity index (χ1v) is 8.69. The SMILES string of the molecule is O=C(O)[C@@H](Cc1ccccc1)N[C@@H](c1ccccc1)P(=O)(O)O. The van der Waals surface area contributed by atoms with Crippen LogP contribution in [0.25, 0.3) is 0 Å². The van der Waals surface area contributed by atoms with Gasteiger partial charge in [0.15, 0.2) is 0 Å². The third-order valence-corrected chi connectivity index (χ3v) is 4.51. The van der Waals surface area contributed by atoms with Crippen molar-refractivity contribution in [2.24, 2.45) is 0 Å². The fourth-order valence-electron chi connectivity index (χ4n) is 2.28. The van der Waals surface area contributed by atoms with Gasteiger partial charge in [-0.15, -0.1) is 0 Å². The van der Waals surface area contributed by atoms with E-state index in [9.17, 15) is 24.3 Å². The van der Waals surface area contributed by atoms with Crippen LogP contribution in [-0.2, 0) is 15.8 Å². The molecule has 0 heterocycles. The second-order valence-corrected chi connectivity index (χ2v) is 6.84. The second-order valence-electron chi connectivity index (χ2n) is 5.15. The molecule has 0 unspecified atom stereocenters. The monoisotopic (exact) mass is 335 g/mol. The molecule has 2 atom stereocenters. The van der Waals surface area contributed by atoms with Crippen molar-refractivity contribution in [1.82, 2.24) is 5.32 Å². The van der Waals surface area contributed by atoms with Crippen LogP contribution in [0.4, 0.5) is 0 Å². The van der Waals surface area contributed by atoms with E-state index >= 15 is 0 Å². The van der Waals surface area contributed by atoms with Crippen molar-refractivity contribution in [3.63, 3.8) is 0 Å². The van der Waals surface area contributed by atoms with Crippen molar-refractivity contribution in [2.45, 2.75) is 18.2 Å². The molecule has 2 aromatic carbocycles. The number of rotatable bonds is 7. The summed E-state index contributed by atoms with van der Waals surface area (Å²) in [4.78, 5) is 30.6. The molecule has 0 saturated carbocycles. The van der Waals surface area contributed by atoms with Gasteiger partial charge in [-0.25, -0.2) is 0 Å². The zero-order valence-corrected chi connectivity index (χ0v) is 13.1. The molecule has 0 fully saturated rings. The topological polar surface area (TPSA) is 107 Å². The van der Waals surface area contributed by atoms with Crippen LogP contribution in [0, 0.1) is 0 Å². The Morgan fingerprint density at radius 2 is 1.52 bits per heavy atom. The van der Waals surface area contributed by atoms with Gasteiger partial charge in [0.25, 0.3) is 0 Å². The average molecular weight is 335 g/mol. The van der Waals surface area contributed by atoms with Crippen LogP contribution in [0.3, 0.4) is 0 Å². The Bertz CT molecular complexity index is 686. The van der Waals surface area contributed by atoms with Crippen molar-refractivity contribution >= 4 is 13.6 Å². The van der Waals surface area contributed by atoms with Crippen molar-refractivity contribution in [3.8, 4) is 0 Å². The number of hydrogen-bond acceptors (Lipinski definition) is 3. The normalized spacial score (nSPS) is 14.2. The number of nitrogens with one attached hydrogen (secondary N) is 1. The lowest BCUT2D eigenvalue weighted by Crippen LogP contribution is -2.40. The zero-order valence-electron chi connectivity index (χ0n) is 12.2. The molecule has 2 rings (SSSR count). The Morgan fingerprint density at radius 1 is 1.00 bits per heavy atom. The van der Waals surface area contributed by atoms with E-state index in [0.717, 1.165) is 5.56 Å². The Balaban J connectivity index is 2.25. The third kappa shape index (κ3) is 5.01. The summed E-state index contributed by atoms with van der Waals surface area (Å²) in [7, 11) is -4.57. The van der Waals surface area contributed by atoms with E-state index in [1.165, 1.54) is 0 Å². The Morgan fingerprint density at radius 3 is 2.00 bits per heavy atom. The minimum absolute atomic E-state index is 0.125. The quantitative estimate of drug-likeness (QED) is 0.578. The molecule has 0 amide bonds. The van der Waals surface area contributed by atoms with Crippen LogP contribution < -0.4 is 5.32 Å².